The van der Waals surface area contributed by atoms with Crippen LogP contribution in [-0.2, 0) is 23.7 Å². The van der Waals surface area contributed by atoms with E-state index in [2.05, 4.69) is 0 Å². The van der Waals surface area contributed by atoms with E-state index in [4.69, 9.17) is 18.9 Å². The topological polar surface area (TPSA) is 54.0 Å². The third kappa shape index (κ3) is 1.46. The number of methoxy groups -OCH3 is 1. The molecule has 2 saturated heterocycles. The molecule has 4 atom stereocenters. The van der Waals surface area contributed by atoms with Crippen LogP contribution in [0.4, 0.5) is 0 Å². The van der Waals surface area contributed by atoms with Crippen LogP contribution in [0.1, 0.15) is 13.8 Å². The summed E-state index contributed by atoms with van der Waals surface area (Å²) in [5, 5.41) is 0. The van der Waals surface area contributed by atoms with Crippen LogP contribution < -0.4 is 0 Å². The van der Waals surface area contributed by atoms with Gasteiger partial charge in [-0.15, -0.1) is 0 Å². The molecule has 80 valence electrons. The van der Waals surface area contributed by atoms with Gasteiger partial charge in [-0.25, -0.2) is 0 Å². The number of fused-ring (bicyclic) bond motifs is 1. The monoisotopic (exact) mass is 202 g/mol. The molecule has 0 saturated carbocycles. The van der Waals surface area contributed by atoms with Crippen molar-refractivity contribution in [2.75, 3.05) is 7.11 Å². The molecule has 14 heavy (non-hydrogen) atoms. The molecule has 2 rings (SSSR count). The van der Waals surface area contributed by atoms with Crippen molar-refractivity contribution >= 4 is 6.29 Å². The highest BCUT2D eigenvalue weighted by Crippen LogP contribution is 2.37. The van der Waals surface area contributed by atoms with Gasteiger partial charge in [0.05, 0.1) is 0 Å². The van der Waals surface area contributed by atoms with E-state index in [1.165, 1.54) is 7.11 Å². The van der Waals surface area contributed by atoms with Crippen LogP contribution in [-0.4, -0.2) is 43.8 Å². The van der Waals surface area contributed by atoms with E-state index in [-0.39, 0.29) is 12.2 Å². The van der Waals surface area contributed by atoms with E-state index in [0.29, 0.717) is 6.29 Å². The predicted octanol–water partition coefficient (Wildman–Crippen LogP) is 0.0767. The molecule has 2 heterocycles. The van der Waals surface area contributed by atoms with Crippen molar-refractivity contribution in [1.82, 2.24) is 0 Å². The number of hydrogen-bond donors (Lipinski definition) is 0. The van der Waals surface area contributed by atoms with Crippen molar-refractivity contribution in [2.45, 2.75) is 44.2 Å². The van der Waals surface area contributed by atoms with E-state index in [1.54, 1.807) is 13.8 Å². The molecule has 0 N–H and O–H groups in total. The Morgan fingerprint density at radius 1 is 1.36 bits per heavy atom. The Morgan fingerprint density at radius 3 is 2.64 bits per heavy atom. The highest BCUT2D eigenvalue weighted by molar-refractivity contribution is 5.58. The molecule has 0 radical (unpaired) electrons. The van der Waals surface area contributed by atoms with Gasteiger partial charge in [-0.1, -0.05) is 0 Å². The van der Waals surface area contributed by atoms with Crippen molar-refractivity contribution in [2.24, 2.45) is 0 Å². The van der Waals surface area contributed by atoms with Crippen molar-refractivity contribution < 1.29 is 23.7 Å². The lowest BCUT2D eigenvalue weighted by Crippen LogP contribution is -2.36. The van der Waals surface area contributed by atoms with E-state index in [0.717, 1.165) is 0 Å². The molecule has 2 aliphatic rings. The van der Waals surface area contributed by atoms with Gasteiger partial charge in [0.15, 0.2) is 18.4 Å². The third-order valence-corrected chi connectivity index (χ3v) is 2.43. The molecule has 0 aliphatic carbocycles. The lowest BCUT2D eigenvalue weighted by Gasteiger charge is -2.22. The van der Waals surface area contributed by atoms with E-state index in [9.17, 15) is 4.79 Å². The summed E-state index contributed by atoms with van der Waals surface area (Å²) >= 11 is 0. The maximum atomic E-state index is 10.7. The Labute approximate surface area is 82.3 Å². The number of carbonyl (C=O) groups excluding carboxylic acids is 1. The van der Waals surface area contributed by atoms with Crippen LogP contribution in [0.5, 0.6) is 0 Å². The van der Waals surface area contributed by atoms with Gasteiger partial charge >= 0.3 is 0 Å². The quantitative estimate of drug-likeness (QED) is 0.593. The smallest absolute Gasteiger partial charge is 0.190 e. The molecule has 0 amide bonds. The van der Waals surface area contributed by atoms with Gasteiger partial charge in [-0.3, -0.25) is 0 Å². The molecule has 0 aromatic rings. The Balaban J connectivity index is 2.13. The van der Waals surface area contributed by atoms with E-state index in [1.807, 2.05) is 0 Å². The summed E-state index contributed by atoms with van der Waals surface area (Å²) in [5.41, 5.74) is 0. The third-order valence-electron chi connectivity index (χ3n) is 2.43. The van der Waals surface area contributed by atoms with Crippen molar-refractivity contribution in [1.29, 1.82) is 0 Å². The van der Waals surface area contributed by atoms with Crippen molar-refractivity contribution in [3.63, 3.8) is 0 Å². The van der Waals surface area contributed by atoms with Gasteiger partial charge in [-0.2, -0.15) is 0 Å². The summed E-state index contributed by atoms with van der Waals surface area (Å²) in [7, 11) is 1.53. The van der Waals surface area contributed by atoms with Crippen LogP contribution in [0, 0.1) is 0 Å². The zero-order chi connectivity index (χ0) is 10.3. The first-order valence-corrected chi connectivity index (χ1v) is 4.56. The van der Waals surface area contributed by atoms with Crippen LogP contribution in [0.25, 0.3) is 0 Å². The Morgan fingerprint density at radius 2 is 2.07 bits per heavy atom. The maximum absolute atomic E-state index is 10.7. The Bertz CT molecular complexity index is 239. The highest BCUT2D eigenvalue weighted by Gasteiger charge is 2.55. The van der Waals surface area contributed by atoms with Crippen molar-refractivity contribution in [3.05, 3.63) is 0 Å². The number of ether oxygens (including phenoxy) is 4. The summed E-state index contributed by atoms with van der Waals surface area (Å²) in [5.74, 6) is -0.667. The minimum absolute atomic E-state index is 0.315. The van der Waals surface area contributed by atoms with E-state index < -0.39 is 18.2 Å². The molecule has 1 unspecified atom stereocenters. The summed E-state index contributed by atoms with van der Waals surface area (Å²) in [4.78, 5) is 10.7. The van der Waals surface area contributed by atoms with Gasteiger partial charge in [0.2, 0.25) is 0 Å². The van der Waals surface area contributed by atoms with Crippen LogP contribution in [0.15, 0.2) is 0 Å². The standard InChI is InChI=1S/C9H14O5/c1-9(2)13-7-6(11-3)5(4-10)12-8(7)14-9/h4-8H,1-3H3/t5?,6-,7+,8+/m0/s1. The number of aldehydes is 1. The van der Waals surface area contributed by atoms with Crippen LogP contribution >= 0.6 is 0 Å². The average Bonchev–Trinajstić information content (AvgIpc) is 2.55. The summed E-state index contributed by atoms with van der Waals surface area (Å²) in [6.45, 7) is 3.61. The minimum atomic E-state index is -0.667. The van der Waals surface area contributed by atoms with Gasteiger partial charge in [0, 0.05) is 7.11 Å². The van der Waals surface area contributed by atoms with Crippen molar-refractivity contribution in [3.8, 4) is 0 Å². The van der Waals surface area contributed by atoms with Gasteiger partial charge in [-0.05, 0) is 13.8 Å². The Kier molecular flexibility index (Phi) is 2.35. The second kappa shape index (κ2) is 3.27. The highest BCUT2D eigenvalue weighted by atomic mass is 16.8. The average molecular weight is 202 g/mol. The minimum Gasteiger partial charge on any atom is -0.375 e. The van der Waals surface area contributed by atoms with Crippen LogP contribution in [0.2, 0.25) is 0 Å². The largest absolute Gasteiger partial charge is 0.375 e. The first-order valence-electron chi connectivity index (χ1n) is 4.56. The fourth-order valence-electron chi connectivity index (χ4n) is 1.88. The predicted molar refractivity (Wildman–Crippen MR) is 45.6 cm³/mol. The molecule has 2 fully saturated rings. The first-order chi connectivity index (χ1) is 6.57. The zero-order valence-electron chi connectivity index (χ0n) is 8.43. The molecule has 0 spiro atoms. The molecule has 0 bridgehead atoms. The molecule has 0 aromatic carbocycles. The molecular formula is C9H14O5. The summed E-state index contributed by atoms with van der Waals surface area (Å²) in [6.07, 6.45) is -1.06. The summed E-state index contributed by atoms with van der Waals surface area (Å²) < 4.78 is 21.5. The number of rotatable bonds is 2. The van der Waals surface area contributed by atoms with E-state index >= 15 is 0 Å². The zero-order valence-corrected chi connectivity index (χ0v) is 8.43. The second-order valence-corrected chi connectivity index (χ2v) is 3.91. The molecule has 0 aromatic heterocycles. The van der Waals surface area contributed by atoms with Gasteiger partial charge in [0.25, 0.3) is 0 Å². The van der Waals surface area contributed by atoms with Gasteiger partial charge < -0.3 is 23.7 Å². The Hall–Kier alpha value is -0.490. The molecule has 5 nitrogen and oxygen atoms in total. The lowest BCUT2D eigenvalue weighted by molar-refractivity contribution is -0.213. The number of hydrogen-bond acceptors (Lipinski definition) is 5. The van der Waals surface area contributed by atoms with Gasteiger partial charge in [0.1, 0.15) is 18.3 Å². The summed E-state index contributed by atoms with van der Waals surface area (Å²) in [6, 6.07) is 0. The van der Waals surface area contributed by atoms with Crippen LogP contribution in [0.3, 0.4) is 0 Å². The fraction of sp³-hybridized carbons (Fsp3) is 0.889. The molecule has 5 heteroatoms. The first kappa shape index (κ1) is 10.0. The molecular weight excluding hydrogens is 188 g/mol. The lowest BCUT2D eigenvalue weighted by atomic mass is 10.1. The molecule has 2 aliphatic heterocycles. The SMILES string of the molecule is CO[C@H]1C(C=O)O[C@@H]2OC(C)(C)O[C@@H]21. The number of carbonyl (C=O) groups is 1. The maximum Gasteiger partial charge on any atom is 0.190 e. The fourth-order valence-corrected chi connectivity index (χ4v) is 1.88. The second-order valence-electron chi connectivity index (χ2n) is 3.91. The normalized spacial score (nSPS) is 45.1.